The number of hydrogen-bond donors (Lipinski definition) is 3. The lowest BCUT2D eigenvalue weighted by molar-refractivity contribution is 0.0693. The molecule has 4 aromatic rings. The van der Waals surface area contributed by atoms with E-state index in [1.54, 1.807) is 11.4 Å². The van der Waals surface area contributed by atoms with E-state index in [4.69, 9.17) is 0 Å². The fourth-order valence-electron chi connectivity index (χ4n) is 2.87. The highest BCUT2D eigenvalue weighted by atomic mass is 32.1. The first kappa shape index (κ1) is 17.7. The van der Waals surface area contributed by atoms with E-state index in [1.807, 2.05) is 54.6 Å². The number of carbonyl (C=O) groups excluding carboxylic acids is 1. The Labute approximate surface area is 164 Å². The van der Waals surface area contributed by atoms with Crippen molar-refractivity contribution in [3.05, 3.63) is 81.7 Å². The first-order valence-electron chi connectivity index (χ1n) is 8.46. The molecule has 28 heavy (non-hydrogen) atoms. The molecule has 0 atom stereocenters. The zero-order valence-corrected chi connectivity index (χ0v) is 15.4. The summed E-state index contributed by atoms with van der Waals surface area (Å²) in [6.45, 7) is 0. The second-order valence-electron chi connectivity index (χ2n) is 6.00. The van der Waals surface area contributed by atoms with Gasteiger partial charge in [0, 0.05) is 11.1 Å². The number of nitrogens with zero attached hydrogens (tertiary/aromatic N) is 1. The van der Waals surface area contributed by atoms with Crippen LogP contribution in [-0.2, 0) is 0 Å². The molecule has 6 nitrogen and oxygen atoms in total. The van der Waals surface area contributed by atoms with E-state index in [1.165, 1.54) is 6.07 Å². The van der Waals surface area contributed by atoms with Gasteiger partial charge in [-0.2, -0.15) is 5.10 Å². The molecule has 0 aliphatic heterocycles. The van der Waals surface area contributed by atoms with Crippen LogP contribution >= 0.6 is 11.3 Å². The number of aromatic nitrogens is 2. The van der Waals surface area contributed by atoms with E-state index in [0.717, 1.165) is 33.5 Å². The zero-order valence-electron chi connectivity index (χ0n) is 14.5. The summed E-state index contributed by atoms with van der Waals surface area (Å²) in [5, 5.41) is 21.9. The van der Waals surface area contributed by atoms with Crippen LogP contribution in [0, 0.1) is 0 Å². The molecule has 2 aromatic carbocycles. The van der Waals surface area contributed by atoms with Crippen molar-refractivity contribution in [2.75, 3.05) is 5.32 Å². The minimum atomic E-state index is -1.12. The van der Waals surface area contributed by atoms with Crippen molar-refractivity contribution in [2.24, 2.45) is 0 Å². The number of H-pyrrole nitrogens is 1. The summed E-state index contributed by atoms with van der Waals surface area (Å²) in [4.78, 5) is 24.0. The van der Waals surface area contributed by atoms with Crippen LogP contribution in [0.4, 0.5) is 5.69 Å². The molecule has 2 aromatic heterocycles. The summed E-state index contributed by atoms with van der Waals surface area (Å²) >= 11 is 1.10. The average Bonchev–Trinajstić information content (AvgIpc) is 3.35. The molecule has 0 unspecified atom stereocenters. The summed E-state index contributed by atoms with van der Waals surface area (Å²) in [6, 6.07) is 16.6. The van der Waals surface area contributed by atoms with Crippen LogP contribution in [0.3, 0.4) is 0 Å². The van der Waals surface area contributed by atoms with Crippen LogP contribution in [0.15, 0.2) is 60.0 Å². The number of para-hydroxylation sites is 2. The first-order valence-corrected chi connectivity index (χ1v) is 9.34. The second kappa shape index (κ2) is 7.50. The highest BCUT2D eigenvalue weighted by molar-refractivity contribution is 7.12. The lowest BCUT2D eigenvalue weighted by Crippen LogP contribution is -2.14. The van der Waals surface area contributed by atoms with E-state index >= 15 is 0 Å². The second-order valence-corrected chi connectivity index (χ2v) is 6.91. The molecule has 0 saturated heterocycles. The Kier molecular flexibility index (Phi) is 4.74. The number of fused-ring (bicyclic) bond motifs is 1. The summed E-state index contributed by atoms with van der Waals surface area (Å²) in [7, 11) is 0. The molecule has 138 valence electrons. The predicted molar refractivity (Wildman–Crippen MR) is 111 cm³/mol. The number of carboxylic acid groups (broad SMARTS) is 1. The van der Waals surface area contributed by atoms with E-state index in [-0.39, 0.29) is 10.4 Å². The van der Waals surface area contributed by atoms with Gasteiger partial charge in [0.05, 0.1) is 16.8 Å². The Balaban J connectivity index is 1.61. The van der Waals surface area contributed by atoms with E-state index in [0.29, 0.717) is 5.69 Å². The Morgan fingerprint density at radius 1 is 1.04 bits per heavy atom. The van der Waals surface area contributed by atoms with Crippen LogP contribution in [0.5, 0.6) is 0 Å². The molecule has 0 saturated carbocycles. The number of amides is 1. The van der Waals surface area contributed by atoms with Gasteiger partial charge in [0.25, 0.3) is 5.91 Å². The highest BCUT2D eigenvalue weighted by Crippen LogP contribution is 2.23. The van der Waals surface area contributed by atoms with Gasteiger partial charge >= 0.3 is 5.97 Å². The van der Waals surface area contributed by atoms with E-state index in [9.17, 15) is 14.7 Å². The maximum atomic E-state index is 12.6. The lowest BCUT2D eigenvalue weighted by atomic mass is 10.1. The van der Waals surface area contributed by atoms with Crippen LogP contribution in [0.1, 0.15) is 31.3 Å². The van der Waals surface area contributed by atoms with Crippen molar-refractivity contribution in [1.29, 1.82) is 0 Å². The van der Waals surface area contributed by atoms with Gasteiger partial charge in [-0.15, -0.1) is 11.3 Å². The summed E-state index contributed by atoms with van der Waals surface area (Å²) in [5.74, 6) is -1.57. The molecular weight excluding hydrogens is 374 g/mol. The molecule has 1 amide bonds. The predicted octanol–water partition coefficient (Wildman–Crippen LogP) is 4.75. The maximum absolute atomic E-state index is 12.6. The van der Waals surface area contributed by atoms with Crippen LogP contribution in [0.25, 0.3) is 23.1 Å². The SMILES string of the molecule is O=C(O)c1ccsc1C(=O)Nc1ccccc1C=Cc1n[nH]c2ccccc12. The summed E-state index contributed by atoms with van der Waals surface area (Å²) < 4.78 is 0. The highest BCUT2D eigenvalue weighted by Gasteiger charge is 2.18. The Hall–Kier alpha value is -3.71. The number of carbonyl (C=O) groups is 2. The number of aromatic amines is 1. The molecule has 4 rings (SSSR count). The van der Waals surface area contributed by atoms with Crippen molar-refractivity contribution in [3.63, 3.8) is 0 Å². The normalized spacial score (nSPS) is 11.1. The van der Waals surface area contributed by atoms with Crippen molar-refractivity contribution in [3.8, 4) is 0 Å². The van der Waals surface area contributed by atoms with E-state index < -0.39 is 11.9 Å². The molecule has 7 heteroatoms. The minimum Gasteiger partial charge on any atom is -0.478 e. The molecule has 0 fully saturated rings. The number of carboxylic acids is 1. The zero-order chi connectivity index (χ0) is 19.5. The third kappa shape index (κ3) is 3.43. The van der Waals surface area contributed by atoms with Crippen LogP contribution in [0.2, 0.25) is 0 Å². The quantitative estimate of drug-likeness (QED) is 0.459. The third-order valence-electron chi connectivity index (χ3n) is 4.23. The first-order chi connectivity index (χ1) is 13.6. The molecule has 3 N–H and O–H groups in total. The van der Waals surface area contributed by atoms with Gasteiger partial charge in [0.2, 0.25) is 0 Å². The number of rotatable bonds is 5. The van der Waals surface area contributed by atoms with E-state index in [2.05, 4.69) is 15.5 Å². The number of anilines is 1. The van der Waals surface area contributed by atoms with Gasteiger partial charge < -0.3 is 10.4 Å². The fourth-order valence-corrected chi connectivity index (χ4v) is 3.65. The minimum absolute atomic E-state index is 0.00137. The number of nitrogens with one attached hydrogen (secondary N) is 2. The third-order valence-corrected chi connectivity index (χ3v) is 5.14. The van der Waals surface area contributed by atoms with Crippen LogP contribution < -0.4 is 5.32 Å². The molecule has 0 bridgehead atoms. The molecule has 0 aliphatic carbocycles. The molecule has 0 spiro atoms. The Bertz CT molecular complexity index is 1210. The van der Waals surface area contributed by atoms with Crippen molar-refractivity contribution in [2.45, 2.75) is 0 Å². The van der Waals surface area contributed by atoms with Crippen LogP contribution in [-0.4, -0.2) is 27.2 Å². The number of benzene rings is 2. The van der Waals surface area contributed by atoms with Gasteiger partial charge in [-0.1, -0.05) is 42.5 Å². The number of hydrogen-bond acceptors (Lipinski definition) is 4. The molecule has 2 heterocycles. The lowest BCUT2D eigenvalue weighted by Gasteiger charge is -2.08. The van der Waals surface area contributed by atoms with Gasteiger partial charge in [0.1, 0.15) is 4.88 Å². The van der Waals surface area contributed by atoms with Gasteiger partial charge in [-0.25, -0.2) is 4.79 Å². The monoisotopic (exact) mass is 389 g/mol. The standard InChI is InChI=1S/C21H15N3O3S/c25-20(19-15(21(26)27)11-12-28-19)22-16-7-3-1-5-13(16)9-10-18-14-6-2-4-8-17(14)23-24-18/h1-12H,(H,22,25)(H,23,24)(H,26,27). The Morgan fingerprint density at radius 2 is 1.82 bits per heavy atom. The largest absolute Gasteiger partial charge is 0.478 e. The summed E-state index contributed by atoms with van der Waals surface area (Å²) in [5.41, 5.74) is 3.12. The summed E-state index contributed by atoms with van der Waals surface area (Å²) in [6.07, 6.45) is 3.74. The Morgan fingerprint density at radius 3 is 2.68 bits per heavy atom. The van der Waals surface area contributed by atoms with Crippen molar-refractivity contribution < 1.29 is 14.7 Å². The smallest absolute Gasteiger partial charge is 0.337 e. The molecular formula is C21H15N3O3S. The maximum Gasteiger partial charge on any atom is 0.337 e. The van der Waals surface area contributed by atoms with Crippen molar-refractivity contribution in [1.82, 2.24) is 10.2 Å². The van der Waals surface area contributed by atoms with Gasteiger partial charge in [-0.05, 0) is 35.2 Å². The molecule has 0 aliphatic rings. The molecule has 0 radical (unpaired) electrons. The van der Waals surface area contributed by atoms with Gasteiger partial charge in [0.15, 0.2) is 0 Å². The number of aromatic carboxylic acids is 1. The fraction of sp³-hybridized carbons (Fsp3) is 0. The van der Waals surface area contributed by atoms with Gasteiger partial charge in [-0.3, -0.25) is 9.89 Å². The average molecular weight is 389 g/mol. The topological polar surface area (TPSA) is 95.1 Å². The number of thiophene rings is 1. The van der Waals surface area contributed by atoms with Crippen molar-refractivity contribution >= 4 is 52.0 Å².